The van der Waals surface area contributed by atoms with Crippen molar-refractivity contribution in [2.45, 2.75) is 57.7 Å². The Balaban J connectivity index is 1.22. The highest BCUT2D eigenvalue weighted by Gasteiger charge is 2.43. The molecule has 5 nitrogen and oxygen atoms in total. The molecule has 3 aliphatic rings. The first-order valence-electron chi connectivity index (χ1n) is 12.3. The Morgan fingerprint density at radius 3 is 2.91 bits per heavy atom. The van der Waals surface area contributed by atoms with Crippen LogP contribution in [0.4, 0.5) is 0 Å². The Bertz CT molecular complexity index is 843. The van der Waals surface area contributed by atoms with E-state index < -0.39 is 6.10 Å². The number of aliphatic hydroxyl groups is 2. The summed E-state index contributed by atoms with van der Waals surface area (Å²) in [4.78, 5) is 14.1. The lowest BCUT2D eigenvalue weighted by molar-refractivity contribution is -0.129. The van der Waals surface area contributed by atoms with Gasteiger partial charge in [-0.1, -0.05) is 53.6 Å². The van der Waals surface area contributed by atoms with Gasteiger partial charge in [0.25, 0.3) is 0 Å². The molecule has 0 spiro atoms. The number of aryl methyl sites for hydroxylation is 1. The molecule has 4 rings (SSSR count). The molecule has 1 aliphatic heterocycles. The molecule has 1 heterocycles. The molecule has 32 heavy (non-hydrogen) atoms. The van der Waals surface area contributed by atoms with Gasteiger partial charge in [-0.15, -0.1) is 0 Å². The van der Waals surface area contributed by atoms with Crippen LogP contribution in [0.2, 0.25) is 0 Å². The standard InChI is InChI=1S/C27H38N2O3/c1-19-5-4-6-20(13-19)15-23(30)7-8-24-25-16-21(14-22(25)17-26(24)31)9-10-28-18-27(32)29-11-2-3-12-29/h4-8,13-14,22-26,28,30-31H,2-3,9-12,15-18H2,1H3/b8-7+/t22-,23-,24+,25-,26+/m0/s1. The number of allylic oxidation sites excluding steroid dienone is 1. The molecule has 1 amide bonds. The van der Waals surface area contributed by atoms with Crippen molar-refractivity contribution in [3.63, 3.8) is 0 Å². The predicted octanol–water partition coefficient (Wildman–Crippen LogP) is 3.00. The summed E-state index contributed by atoms with van der Waals surface area (Å²) in [7, 11) is 0. The number of rotatable bonds is 9. The summed E-state index contributed by atoms with van der Waals surface area (Å²) >= 11 is 0. The molecule has 5 heteroatoms. The van der Waals surface area contributed by atoms with Crippen LogP contribution in [-0.4, -0.2) is 59.4 Å². The van der Waals surface area contributed by atoms with Crippen LogP contribution in [0.25, 0.3) is 0 Å². The van der Waals surface area contributed by atoms with Crippen molar-refractivity contribution >= 4 is 5.91 Å². The van der Waals surface area contributed by atoms with Gasteiger partial charge in [0.15, 0.2) is 0 Å². The van der Waals surface area contributed by atoms with E-state index in [4.69, 9.17) is 0 Å². The van der Waals surface area contributed by atoms with Crippen molar-refractivity contribution in [2.24, 2.45) is 17.8 Å². The third kappa shape index (κ3) is 5.89. The van der Waals surface area contributed by atoms with E-state index >= 15 is 0 Å². The lowest BCUT2D eigenvalue weighted by Gasteiger charge is -2.19. The Labute approximate surface area is 192 Å². The molecule has 2 fully saturated rings. The number of benzene rings is 1. The minimum absolute atomic E-state index is 0.102. The fourth-order valence-electron chi connectivity index (χ4n) is 5.72. The van der Waals surface area contributed by atoms with Gasteiger partial charge >= 0.3 is 0 Å². The number of nitrogens with one attached hydrogen (secondary N) is 1. The van der Waals surface area contributed by atoms with Crippen LogP contribution in [0.3, 0.4) is 0 Å². The summed E-state index contributed by atoms with van der Waals surface area (Å²) in [6.45, 7) is 5.14. The van der Waals surface area contributed by atoms with Crippen LogP contribution in [0.15, 0.2) is 48.1 Å². The van der Waals surface area contributed by atoms with Gasteiger partial charge in [0.05, 0.1) is 18.8 Å². The van der Waals surface area contributed by atoms with Crippen LogP contribution in [0.1, 0.15) is 43.2 Å². The summed E-state index contributed by atoms with van der Waals surface area (Å²) in [5.41, 5.74) is 3.77. The van der Waals surface area contributed by atoms with Gasteiger partial charge in [-0.05, 0) is 63.0 Å². The normalized spacial score (nSPS) is 28.3. The summed E-state index contributed by atoms with van der Waals surface area (Å²) in [6.07, 6.45) is 11.1. The van der Waals surface area contributed by atoms with E-state index in [2.05, 4.69) is 36.5 Å². The van der Waals surface area contributed by atoms with Gasteiger partial charge in [0.1, 0.15) is 0 Å². The Morgan fingerprint density at radius 1 is 1.31 bits per heavy atom. The van der Waals surface area contributed by atoms with E-state index in [0.29, 0.717) is 24.8 Å². The van der Waals surface area contributed by atoms with E-state index in [9.17, 15) is 15.0 Å². The molecule has 0 bridgehead atoms. The molecular formula is C27H38N2O3. The van der Waals surface area contributed by atoms with Crippen LogP contribution in [0.5, 0.6) is 0 Å². The lowest BCUT2D eigenvalue weighted by atomic mass is 9.88. The van der Waals surface area contributed by atoms with E-state index in [0.717, 1.165) is 57.3 Å². The minimum Gasteiger partial charge on any atom is -0.392 e. The number of amides is 1. The van der Waals surface area contributed by atoms with Gasteiger partial charge in [0, 0.05) is 25.4 Å². The lowest BCUT2D eigenvalue weighted by Crippen LogP contribution is -2.36. The monoisotopic (exact) mass is 438 g/mol. The molecule has 174 valence electrons. The summed E-state index contributed by atoms with van der Waals surface area (Å²) in [5.74, 6) is 1.17. The zero-order valence-corrected chi connectivity index (χ0v) is 19.2. The zero-order valence-electron chi connectivity index (χ0n) is 19.2. The third-order valence-electron chi connectivity index (χ3n) is 7.39. The molecular weight excluding hydrogens is 400 g/mol. The maximum absolute atomic E-state index is 12.1. The maximum atomic E-state index is 12.1. The number of fused-ring (bicyclic) bond motifs is 1. The fraction of sp³-hybridized carbons (Fsp3) is 0.593. The first-order chi connectivity index (χ1) is 15.5. The maximum Gasteiger partial charge on any atom is 0.236 e. The molecule has 1 aromatic carbocycles. The van der Waals surface area contributed by atoms with Crippen LogP contribution in [0, 0.1) is 24.7 Å². The number of carbonyl (C=O) groups is 1. The molecule has 0 radical (unpaired) electrons. The number of carbonyl (C=O) groups excluding carboxylic acids is 1. The van der Waals surface area contributed by atoms with Gasteiger partial charge in [-0.3, -0.25) is 4.79 Å². The molecule has 1 aromatic rings. The van der Waals surface area contributed by atoms with Crippen molar-refractivity contribution < 1.29 is 15.0 Å². The average Bonchev–Trinajstić information content (AvgIpc) is 3.47. The topological polar surface area (TPSA) is 72.8 Å². The van der Waals surface area contributed by atoms with Crippen molar-refractivity contribution in [3.8, 4) is 0 Å². The summed E-state index contributed by atoms with van der Waals surface area (Å²) < 4.78 is 0. The van der Waals surface area contributed by atoms with Crippen molar-refractivity contribution in [3.05, 3.63) is 59.2 Å². The van der Waals surface area contributed by atoms with Crippen LogP contribution in [-0.2, 0) is 11.2 Å². The van der Waals surface area contributed by atoms with E-state index in [1.165, 1.54) is 11.1 Å². The third-order valence-corrected chi connectivity index (χ3v) is 7.39. The van der Waals surface area contributed by atoms with Crippen molar-refractivity contribution in [1.82, 2.24) is 10.2 Å². The van der Waals surface area contributed by atoms with Crippen LogP contribution >= 0.6 is 0 Å². The number of likely N-dealkylation sites (tertiary alicyclic amines) is 1. The smallest absolute Gasteiger partial charge is 0.236 e. The van der Waals surface area contributed by atoms with Crippen LogP contribution < -0.4 is 5.32 Å². The Hall–Kier alpha value is -1.95. The summed E-state index contributed by atoms with van der Waals surface area (Å²) in [5, 5.41) is 24.4. The van der Waals surface area contributed by atoms with Crippen molar-refractivity contribution in [1.29, 1.82) is 0 Å². The minimum atomic E-state index is -0.533. The van der Waals surface area contributed by atoms with Gasteiger partial charge in [-0.25, -0.2) is 0 Å². The molecule has 1 saturated carbocycles. The molecule has 0 unspecified atom stereocenters. The zero-order chi connectivity index (χ0) is 22.5. The summed E-state index contributed by atoms with van der Waals surface area (Å²) in [6, 6.07) is 8.24. The van der Waals surface area contributed by atoms with Gasteiger partial charge < -0.3 is 20.4 Å². The number of hydrogen-bond donors (Lipinski definition) is 3. The average molecular weight is 439 g/mol. The molecule has 3 N–H and O–H groups in total. The highest BCUT2D eigenvalue weighted by atomic mass is 16.3. The van der Waals surface area contributed by atoms with E-state index in [-0.39, 0.29) is 17.9 Å². The van der Waals surface area contributed by atoms with E-state index in [1.807, 2.05) is 23.1 Å². The first-order valence-corrected chi connectivity index (χ1v) is 12.3. The van der Waals surface area contributed by atoms with Gasteiger partial charge in [-0.2, -0.15) is 0 Å². The molecule has 1 saturated heterocycles. The number of hydrogen-bond acceptors (Lipinski definition) is 4. The first kappa shape index (κ1) is 23.2. The van der Waals surface area contributed by atoms with E-state index in [1.54, 1.807) is 0 Å². The highest BCUT2D eigenvalue weighted by molar-refractivity contribution is 5.78. The predicted molar refractivity (Wildman–Crippen MR) is 127 cm³/mol. The molecule has 2 aliphatic carbocycles. The molecule has 5 atom stereocenters. The quantitative estimate of drug-likeness (QED) is 0.409. The highest BCUT2D eigenvalue weighted by Crippen LogP contribution is 2.47. The number of aliphatic hydroxyl groups excluding tert-OH is 2. The second-order valence-corrected chi connectivity index (χ2v) is 9.90. The SMILES string of the molecule is Cc1cccc(C[C@@H](O)/C=C/[C@@H]2[C@H]3CC(CCNCC(=O)N4CCCC4)=C[C@H]3C[C@H]2O)c1. The Morgan fingerprint density at radius 2 is 2.12 bits per heavy atom. The Kier molecular flexibility index (Phi) is 7.82. The largest absolute Gasteiger partial charge is 0.392 e. The fourth-order valence-corrected chi connectivity index (χ4v) is 5.72. The number of nitrogens with zero attached hydrogens (tertiary/aromatic N) is 1. The second kappa shape index (κ2) is 10.8. The molecule has 0 aromatic heterocycles. The second-order valence-electron chi connectivity index (χ2n) is 9.90. The van der Waals surface area contributed by atoms with Gasteiger partial charge in [0.2, 0.25) is 5.91 Å². The van der Waals surface area contributed by atoms with Crippen molar-refractivity contribution in [2.75, 3.05) is 26.2 Å².